The average Bonchev–Trinajstić information content (AvgIpc) is 2.70. The first-order valence-corrected chi connectivity index (χ1v) is 11.5. The van der Waals surface area contributed by atoms with Crippen LogP contribution in [0.15, 0.2) is 17.1 Å². The zero-order chi connectivity index (χ0) is 19.1. The number of nitrogens with one attached hydrogen (secondary N) is 2. The fourth-order valence-electron chi connectivity index (χ4n) is 4.52. The van der Waals surface area contributed by atoms with E-state index in [2.05, 4.69) is 30.5 Å². The molecule has 1 aromatic carbocycles. The van der Waals surface area contributed by atoms with Gasteiger partial charge in [-0.05, 0) is 55.7 Å². The van der Waals surface area contributed by atoms with Gasteiger partial charge in [-0.15, -0.1) is 0 Å². The minimum Gasteiger partial charge on any atom is -0.353 e. The number of benzene rings is 1. The van der Waals surface area contributed by atoms with E-state index in [0.29, 0.717) is 12.1 Å². The molecule has 150 valence electrons. The van der Waals surface area contributed by atoms with Gasteiger partial charge in [0.2, 0.25) is 0 Å². The molecule has 2 saturated carbocycles. The van der Waals surface area contributed by atoms with Crippen LogP contribution in [0.25, 0.3) is 0 Å². The van der Waals surface area contributed by atoms with Crippen molar-refractivity contribution in [3.05, 3.63) is 28.3 Å². The number of anilines is 1. The van der Waals surface area contributed by atoms with Gasteiger partial charge in [0.25, 0.3) is 0 Å². The van der Waals surface area contributed by atoms with Crippen molar-refractivity contribution in [1.82, 2.24) is 5.32 Å². The predicted octanol–water partition coefficient (Wildman–Crippen LogP) is 6.49. The van der Waals surface area contributed by atoms with Crippen LogP contribution in [0.3, 0.4) is 0 Å². The number of nitrogens with zero attached hydrogens (tertiary/aromatic N) is 1. The topological polar surface area (TPSA) is 36.4 Å². The van der Waals surface area contributed by atoms with Crippen LogP contribution in [-0.4, -0.2) is 18.0 Å². The number of aryl methyl sites for hydroxylation is 1. The third-order valence-corrected chi connectivity index (χ3v) is 6.51. The van der Waals surface area contributed by atoms with E-state index in [-0.39, 0.29) is 0 Å². The first-order chi connectivity index (χ1) is 13.2. The van der Waals surface area contributed by atoms with E-state index in [1.54, 1.807) is 0 Å². The van der Waals surface area contributed by atoms with Gasteiger partial charge >= 0.3 is 0 Å². The van der Waals surface area contributed by atoms with E-state index in [4.69, 9.17) is 16.6 Å². The molecular weight excluding hydrogens is 354 g/mol. The lowest BCUT2D eigenvalue weighted by atomic mass is 9.95. The Kier molecular flexibility index (Phi) is 7.87. The van der Waals surface area contributed by atoms with Crippen molar-refractivity contribution in [2.75, 3.05) is 5.32 Å². The first kappa shape index (κ1) is 20.5. The van der Waals surface area contributed by atoms with Crippen molar-refractivity contribution in [3.63, 3.8) is 0 Å². The Labute approximate surface area is 170 Å². The van der Waals surface area contributed by atoms with Crippen molar-refractivity contribution in [2.24, 2.45) is 4.99 Å². The van der Waals surface area contributed by atoms with E-state index in [0.717, 1.165) is 23.8 Å². The fraction of sp³-hybridized carbons (Fsp3) is 0.696. The second-order valence-electron chi connectivity index (χ2n) is 8.14. The summed E-state index contributed by atoms with van der Waals surface area (Å²) in [6.07, 6.45) is 14.9. The van der Waals surface area contributed by atoms with Gasteiger partial charge in [-0.3, -0.25) is 0 Å². The summed E-state index contributed by atoms with van der Waals surface area (Å²) in [6.45, 7) is 4.39. The van der Waals surface area contributed by atoms with Crippen molar-refractivity contribution >= 4 is 23.2 Å². The van der Waals surface area contributed by atoms with Gasteiger partial charge in [-0.1, -0.05) is 70.0 Å². The Balaban J connectivity index is 1.86. The van der Waals surface area contributed by atoms with Crippen LogP contribution in [0.1, 0.15) is 89.2 Å². The maximum atomic E-state index is 6.53. The van der Waals surface area contributed by atoms with Crippen LogP contribution in [-0.2, 0) is 12.8 Å². The van der Waals surface area contributed by atoms with E-state index in [1.807, 2.05) is 6.07 Å². The molecule has 0 atom stereocenters. The smallest absolute Gasteiger partial charge is 0.196 e. The Hall–Kier alpha value is -1.22. The molecule has 2 aliphatic carbocycles. The van der Waals surface area contributed by atoms with Crippen LogP contribution in [0, 0.1) is 0 Å². The lowest BCUT2D eigenvalue weighted by Crippen LogP contribution is -2.41. The van der Waals surface area contributed by atoms with Crippen LogP contribution < -0.4 is 10.6 Å². The van der Waals surface area contributed by atoms with Gasteiger partial charge in [0.05, 0.1) is 6.04 Å². The molecule has 0 bridgehead atoms. The summed E-state index contributed by atoms with van der Waals surface area (Å²) in [5.74, 6) is 0.973. The number of rotatable bonds is 5. The van der Waals surface area contributed by atoms with E-state index >= 15 is 0 Å². The van der Waals surface area contributed by atoms with Crippen LogP contribution in [0.5, 0.6) is 0 Å². The summed E-state index contributed by atoms with van der Waals surface area (Å²) in [7, 11) is 0. The molecule has 0 radical (unpaired) electrons. The average molecular weight is 390 g/mol. The molecule has 0 saturated heterocycles. The van der Waals surface area contributed by atoms with Gasteiger partial charge in [-0.2, -0.15) is 0 Å². The minimum absolute atomic E-state index is 0.451. The molecule has 3 rings (SSSR count). The molecule has 3 nitrogen and oxygen atoms in total. The quantitative estimate of drug-likeness (QED) is 0.446. The normalized spacial score (nSPS) is 19.9. The number of aliphatic imine (C=N–C) groups is 1. The summed E-state index contributed by atoms with van der Waals surface area (Å²) in [5.41, 5.74) is 3.70. The molecule has 0 aromatic heterocycles. The maximum absolute atomic E-state index is 6.53. The highest BCUT2D eigenvalue weighted by molar-refractivity contribution is 6.32. The molecule has 0 unspecified atom stereocenters. The molecule has 0 aliphatic heterocycles. The van der Waals surface area contributed by atoms with E-state index < -0.39 is 0 Å². The molecule has 0 heterocycles. The minimum atomic E-state index is 0.451. The Morgan fingerprint density at radius 3 is 2.26 bits per heavy atom. The van der Waals surface area contributed by atoms with Crippen molar-refractivity contribution in [3.8, 4) is 0 Å². The largest absolute Gasteiger partial charge is 0.353 e. The number of hydrogen-bond acceptors (Lipinski definition) is 1. The summed E-state index contributed by atoms with van der Waals surface area (Å²) in [4.78, 5) is 5.16. The van der Waals surface area contributed by atoms with Gasteiger partial charge in [-0.25, -0.2) is 4.99 Å². The highest BCUT2D eigenvalue weighted by atomic mass is 35.5. The third-order valence-electron chi connectivity index (χ3n) is 6.15. The summed E-state index contributed by atoms with van der Waals surface area (Å²) < 4.78 is 0. The predicted molar refractivity (Wildman–Crippen MR) is 118 cm³/mol. The summed E-state index contributed by atoms with van der Waals surface area (Å²) >= 11 is 6.53. The zero-order valence-corrected chi connectivity index (χ0v) is 17.9. The Morgan fingerprint density at radius 2 is 1.63 bits per heavy atom. The number of hydrogen-bond donors (Lipinski definition) is 2. The van der Waals surface area contributed by atoms with Crippen molar-refractivity contribution in [2.45, 2.75) is 103 Å². The second-order valence-corrected chi connectivity index (χ2v) is 8.55. The molecule has 2 aliphatic rings. The second kappa shape index (κ2) is 10.4. The SMILES string of the molecule is CCc1ccc(Cl)c(CC)c1NC(=NC1CCCCC1)NC1CCCCC1. The molecule has 0 amide bonds. The van der Waals surface area contributed by atoms with Gasteiger partial charge < -0.3 is 10.6 Å². The molecule has 2 fully saturated rings. The van der Waals surface area contributed by atoms with Gasteiger partial charge in [0, 0.05) is 16.8 Å². The first-order valence-electron chi connectivity index (χ1n) is 11.1. The molecule has 4 heteroatoms. The lowest BCUT2D eigenvalue weighted by molar-refractivity contribution is 0.408. The van der Waals surface area contributed by atoms with Crippen LogP contribution in [0.2, 0.25) is 5.02 Å². The molecular formula is C23H36ClN3. The summed E-state index contributed by atoms with van der Waals surface area (Å²) in [6, 6.07) is 5.19. The molecule has 1 aromatic rings. The van der Waals surface area contributed by atoms with E-state index in [9.17, 15) is 0 Å². The van der Waals surface area contributed by atoms with Crippen LogP contribution in [0.4, 0.5) is 5.69 Å². The monoisotopic (exact) mass is 389 g/mol. The standard InChI is InChI=1S/C23H36ClN3/c1-3-17-15-16-21(24)20(4-2)22(17)27-23(25-18-11-7-5-8-12-18)26-19-13-9-6-10-14-19/h15-16,18-19H,3-14H2,1-2H3,(H2,25,26,27). The van der Waals surface area contributed by atoms with Crippen LogP contribution >= 0.6 is 11.6 Å². The number of halogens is 1. The van der Waals surface area contributed by atoms with E-state index in [1.165, 1.54) is 81.0 Å². The lowest BCUT2D eigenvalue weighted by Gasteiger charge is -2.28. The number of guanidine groups is 1. The van der Waals surface area contributed by atoms with Gasteiger partial charge in [0.15, 0.2) is 5.96 Å². The van der Waals surface area contributed by atoms with Crippen molar-refractivity contribution < 1.29 is 0 Å². The zero-order valence-electron chi connectivity index (χ0n) is 17.1. The third kappa shape index (κ3) is 5.63. The Morgan fingerprint density at radius 1 is 0.963 bits per heavy atom. The molecule has 0 spiro atoms. The molecule has 2 N–H and O–H groups in total. The molecule has 27 heavy (non-hydrogen) atoms. The Bertz CT molecular complexity index is 629. The van der Waals surface area contributed by atoms with Gasteiger partial charge in [0.1, 0.15) is 0 Å². The highest BCUT2D eigenvalue weighted by Gasteiger charge is 2.19. The highest BCUT2D eigenvalue weighted by Crippen LogP contribution is 2.30. The van der Waals surface area contributed by atoms with Crippen molar-refractivity contribution in [1.29, 1.82) is 0 Å². The maximum Gasteiger partial charge on any atom is 0.196 e. The fourth-order valence-corrected chi connectivity index (χ4v) is 4.82. The summed E-state index contributed by atoms with van der Waals surface area (Å²) in [5, 5.41) is 8.33.